The lowest BCUT2D eigenvalue weighted by molar-refractivity contribution is 0.103. The number of halogens is 2. The summed E-state index contributed by atoms with van der Waals surface area (Å²) < 4.78 is 6.96. The average Bonchev–Trinajstić information content (AvgIpc) is 2.75. The van der Waals surface area contributed by atoms with Crippen molar-refractivity contribution >= 4 is 55.6 Å². The van der Waals surface area contributed by atoms with E-state index in [0.29, 0.717) is 5.56 Å². The Kier molecular flexibility index (Phi) is 4.22. The molecule has 2 nitrogen and oxygen atoms in total. The molecule has 0 aliphatic carbocycles. The van der Waals surface area contributed by atoms with E-state index < -0.39 is 0 Å². The summed E-state index contributed by atoms with van der Waals surface area (Å²) in [6.45, 7) is 0. The minimum absolute atomic E-state index is 0.0266. The van der Waals surface area contributed by atoms with Gasteiger partial charge in [-0.2, -0.15) is 0 Å². The Morgan fingerprint density at radius 3 is 2.71 bits per heavy atom. The van der Waals surface area contributed by atoms with Crippen molar-refractivity contribution in [1.82, 2.24) is 0 Å². The molecule has 0 radical (unpaired) electrons. The SMILES string of the molecule is COc1ccc(C(=O)c2csc(I)c2)c(Br)c1. The number of thiophene rings is 1. The van der Waals surface area contributed by atoms with Crippen LogP contribution in [0.4, 0.5) is 0 Å². The number of rotatable bonds is 3. The van der Waals surface area contributed by atoms with Crippen LogP contribution in [0.15, 0.2) is 34.1 Å². The molecule has 0 fully saturated rings. The van der Waals surface area contributed by atoms with Gasteiger partial charge in [-0.15, -0.1) is 11.3 Å². The van der Waals surface area contributed by atoms with Gasteiger partial charge >= 0.3 is 0 Å². The highest BCUT2D eigenvalue weighted by Crippen LogP contribution is 2.26. The molecule has 1 aromatic heterocycles. The fourth-order valence-electron chi connectivity index (χ4n) is 1.39. The monoisotopic (exact) mass is 422 g/mol. The summed E-state index contributed by atoms with van der Waals surface area (Å²) in [6, 6.07) is 7.25. The molecule has 0 aliphatic rings. The van der Waals surface area contributed by atoms with Crippen molar-refractivity contribution < 1.29 is 9.53 Å². The van der Waals surface area contributed by atoms with Gasteiger partial charge in [0.2, 0.25) is 0 Å². The van der Waals surface area contributed by atoms with Crippen LogP contribution in [0.1, 0.15) is 15.9 Å². The van der Waals surface area contributed by atoms with E-state index in [1.165, 1.54) is 0 Å². The van der Waals surface area contributed by atoms with Crippen molar-refractivity contribution in [2.24, 2.45) is 0 Å². The topological polar surface area (TPSA) is 26.3 Å². The predicted octanol–water partition coefficient (Wildman–Crippen LogP) is 4.35. The normalized spacial score (nSPS) is 10.3. The van der Waals surface area contributed by atoms with E-state index in [9.17, 15) is 4.79 Å². The second-order valence-electron chi connectivity index (χ2n) is 3.31. The number of hydrogen-bond donors (Lipinski definition) is 0. The van der Waals surface area contributed by atoms with E-state index in [-0.39, 0.29) is 5.78 Å². The van der Waals surface area contributed by atoms with Crippen LogP contribution in [0.5, 0.6) is 5.75 Å². The first-order valence-corrected chi connectivity index (χ1v) is 7.49. The zero-order valence-electron chi connectivity index (χ0n) is 8.87. The summed E-state index contributed by atoms with van der Waals surface area (Å²) in [4.78, 5) is 12.2. The molecule has 0 saturated carbocycles. The smallest absolute Gasteiger partial charge is 0.195 e. The summed E-state index contributed by atoms with van der Waals surface area (Å²) in [7, 11) is 1.60. The summed E-state index contributed by atoms with van der Waals surface area (Å²) in [5, 5.41) is 1.88. The van der Waals surface area contributed by atoms with Crippen molar-refractivity contribution in [2.45, 2.75) is 0 Å². The summed E-state index contributed by atoms with van der Waals surface area (Å²) in [5.74, 6) is 0.756. The first-order valence-electron chi connectivity index (χ1n) is 4.74. The van der Waals surface area contributed by atoms with Crippen LogP contribution in [-0.4, -0.2) is 12.9 Å². The number of ketones is 1. The number of carbonyl (C=O) groups is 1. The average molecular weight is 423 g/mol. The van der Waals surface area contributed by atoms with Crippen molar-refractivity contribution in [1.29, 1.82) is 0 Å². The van der Waals surface area contributed by atoms with E-state index in [1.54, 1.807) is 36.6 Å². The third-order valence-electron chi connectivity index (χ3n) is 2.25. The molecule has 1 aromatic carbocycles. The van der Waals surface area contributed by atoms with Crippen molar-refractivity contribution in [3.05, 3.63) is 48.1 Å². The van der Waals surface area contributed by atoms with Crippen LogP contribution >= 0.6 is 49.9 Å². The zero-order chi connectivity index (χ0) is 12.4. The molecule has 1 heterocycles. The van der Waals surface area contributed by atoms with E-state index in [4.69, 9.17) is 4.74 Å². The Morgan fingerprint density at radius 2 is 2.18 bits per heavy atom. The molecule has 0 amide bonds. The molecule has 5 heteroatoms. The first kappa shape index (κ1) is 13.0. The van der Waals surface area contributed by atoms with E-state index >= 15 is 0 Å². The molecule has 2 aromatic rings. The van der Waals surface area contributed by atoms with Crippen molar-refractivity contribution in [3.8, 4) is 5.75 Å². The fourth-order valence-corrected chi connectivity index (χ4v) is 3.26. The third kappa shape index (κ3) is 2.89. The highest BCUT2D eigenvalue weighted by molar-refractivity contribution is 14.1. The Balaban J connectivity index is 2.37. The predicted molar refractivity (Wildman–Crippen MR) is 81.2 cm³/mol. The third-order valence-corrected chi connectivity index (χ3v) is 4.70. The molecule has 2 rings (SSSR count). The second kappa shape index (κ2) is 5.49. The Morgan fingerprint density at radius 1 is 1.41 bits per heavy atom. The molecule has 0 unspecified atom stereocenters. The summed E-state index contributed by atoms with van der Waals surface area (Å²) in [6.07, 6.45) is 0. The molecule has 0 N–H and O–H groups in total. The molecule has 0 bridgehead atoms. The number of hydrogen-bond acceptors (Lipinski definition) is 3. The molecular formula is C12H8BrIO2S. The maximum atomic E-state index is 12.2. The van der Waals surface area contributed by atoms with Crippen molar-refractivity contribution in [2.75, 3.05) is 7.11 Å². The number of methoxy groups -OCH3 is 1. The van der Waals surface area contributed by atoms with E-state index in [0.717, 1.165) is 18.7 Å². The highest BCUT2D eigenvalue weighted by Gasteiger charge is 2.14. The lowest BCUT2D eigenvalue weighted by Crippen LogP contribution is -2.01. The molecule has 88 valence electrons. The van der Waals surface area contributed by atoms with E-state index in [2.05, 4.69) is 38.5 Å². The van der Waals surface area contributed by atoms with Crippen LogP contribution in [-0.2, 0) is 0 Å². The molecule has 0 saturated heterocycles. The van der Waals surface area contributed by atoms with Gasteiger partial charge in [-0.05, 0) is 62.8 Å². The van der Waals surface area contributed by atoms with Crippen LogP contribution < -0.4 is 4.74 Å². The van der Waals surface area contributed by atoms with Crippen LogP contribution in [0.2, 0.25) is 0 Å². The van der Waals surface area contributed by atoms with Crippen LogP contribution in [0.3, 0.4) is 0 Å². The lowest BCUT2D eigenvalue weighted by atomic mass is 10.1. The van der Waals surface area contributed by atoms with Gasteiger partial charge in [-0.1, -0.05) is 0 Å². The van der Waals surface area contributed by atoms with Crippen molar-refractivity contribution in [3.63, 3.8) is 0 Å². The highest BCUT2D eigenvalue weighted by atomic mass is 127. The fraction of sp³-hybridized carbons (Fsp3) is 0.0833. The Hall–Kier alpha value is -0.400. The number of ether oxygens (including phenoxy) is 1. The van der Waals surface area contributed by atoms with Gasteiger partial charge in [0.05, 0.1) is 9.99 Å². The molecule has 0 spiro atoms. The summed E-state index contributed by atoms with van der Waals surface area (Å²) >= 11 is 7.17. The van der Waals surface area contributed by atoms with Gasteiger partial charge in [0.15, 0.2) is 5.78 Å². The number of carbonyl (C=O) groups excluding carboxylic acids is 1. The standard InChI is InChI=1S/C12H8BrIO2S/c1-16-8-2-3-9(10(13)5-8)12(15)7-4-11(14)17-6-7/h2-6H,1H3. The molecule has 0 aliphatic heterocycles. The minimum Gasteiger partial charge on any atom is -0.497 e. The molecule has 17 heavy (non-hydrogen) atoms. The van der Waals surface area contributed by atoms with Gasteiger partial charge < -0.3 is 4.74 Å². The quantitative estimate of drug-likeness (QED) is 0.542. The van der Waals surface area contributed by atoms with Crippen LogP contribution in [0, 0.1) is 2.88 Å². The maximum Gasteiger partial charge on any atom is 0.195 e. The Labute approximate surface area is 125 Å². The van der Waals surface area contributed by atoms with Gasteiger partial charge in [-0.3, -0.25) is 4.79 Å². The lowest BCUT2D eigenvalue weighted by Gasteiger charge is -2.05. The van der Waals surface area contributed by atoms with Gasteiger partial charge in [-0.25, -0.2) is 0 Å². The van der Waals surface area contributed by atoms with Gasteiger partial charge in [0.25, 0.3) is 0 Å². The zero-order valence-corrected chi connectivity index (χ0v) is 13.4. The molecular weight excluding hydrogens is 415 g/mol. The van der Waals surface area contributed by atoms with Gasteiger partial charge in [0.1, 0.15) is 5.75 Å². The minimum atomic E-state index is 0.0266. The largest absolute Gasteiger partial charge is 0.497 e. The Bertz CT molecular complexity index is 565. The first-order chi connectivity index (χ1) is 8.11. The number of benzene rings is 1. The molecule has 0 atom stereocenters. The van der Waals surface area contributed by atoms with E-state index in [1.807, 2.05) is 11.4 Å². The maximum absolute atomic E-state index is 12.2. The van der Waals surface area contributed by atoms with Crippen LogP contribution in [0.25, 0.3) is 0 Å². The second-order valence-corrected chi connectivity index (χ2v) is 6.97. The van der Waals surface area contributed by atoms with Gasteiger partial charge in [0, 0.05) is 21.0 Å². The summed E-state index contributed by atoms with van der Waals surface area (Å²) in [5.41, 5.74) is 1.38.